The SMILES string of the molecule is Sc1c(Cl)ccc2sc3cc4ccccc4cc3c12. The first kappa shape index (κ1) is 11.6. The zero-order chi connectivity index (χ0) is 13.0. The minimum atomic E-state index is 0.712. The van der Waals surface area contributed by atoms with Crippen molar-refractivity contribution in [2.24, 2.45) is 0 Å². The lowest BCUT2D eigenvalue weighted by Crippen LogP contribution is -1.74. The molecule has 0 aliphatic heterocycles. The van der Waals surface area contributed by atoms with Gasteiger partial charge < -0.3 is 0 Å². The van der Waals surface area contributed by atoms with Crippen LogP contribution in [0, 0.1) is 0 Å². The number of rotatable bonds is 0. The fourth-order valence-electron chi connectivity index (χ4n) is 2.51. The molecule has 0 N–H and O–H groups in total. The van der Waals surface area contributed by atoms with Crippen LogP contribution in [0.2, 0.25) is 5.02 Å². The first-order chi connectivity index (χ1) is 9.24. The van der Waals surface area contributed by atoms with E-state index in [-0.39, 0.29) is 0 Å². The van der Waals surface area contributed by atoms with Crippen molar-refractivity contribution in [1.29, 1.82) is 0 Å². The molecule has 0 amide bonds. The Hall–Kier alpha value is -1.22. The Labute approximate surface area is 125 Å². The van der Waals surface area contributed by atoms with Gasteiger partial charge in [0.25, 0.3) is 0 Å². The second-order valence-corrected chi connectivity index (χ2v) is 6.50. The molecule has 0 nitrogen and oxygen atoms in total. The monoisotopic (exact) mass is 300 g/mol. The summed E-state index contributed by atoms with van der Waals surface area (Å²) in [5.41, 5.74) is 0. The maximum Gasteiger partial charge on any atom is 0.0546 e. The van der Waals surface area contributed by atoms with Crippen molar-refractivity contribution in [3.8, 4) is 0 Å². The molecule has 3 aromatic carbocycles. The summed E-state index contributed by atoms with van der Waals surface area (Å²) in [6.45, 7) is 0. The largest absolute Gasteiger partial charge is 0.141 e. The Morgan fingerprint density at radius 3 is 2.42 bits per heavy atom. The van der Waals surface area contributed by atoms with Crippen LogP contribution >= 0.6 is 35.6 Å². The number of thiophene rings is 1. The predicted molar refractivity (Wildman–Crippen MR) is 89.1 cm³/mol. The van der Waals surface area contributed by atoms with E-state index in [1.165, 1.54) is 30.9 Å². The molecule has 0 spiro atoms. The molecule has 0 aliphatic rings. The summed E-state index contributed by atoms with van der Waals surface area (Å²) in [5.74, 6) is 0. The second-order valence-electron chi connectivity index (χ2n) is 4.57. The Morgan fingerprint density at radius 1 is 0.895 bits per heavy atom. The molecule has 0 saturated carbocycles. The second kappa shape index (κ2) is 4.14. The molecule has 0 bridgehead atoms. The summed E-state index contributed by atoms with van der Waals surface area (Å²) < 4.78 is 2.52. The van der Waals surface area contributed by atoms with Crippen LogP contribution in [-0.4, -0.2) is 0 Å². The fourth-order valence-corrected chi connectivity index (χ4v) is 4.20. The maximum atomic E-state index is 6.19. The minimum absolute atomic E-state index is 0.712. The van der Waals surface area contributed by atoms with Crippen LogP contribution < -0.4 is 0 Å². The molecule has 0 radical (unpaired) electrons. The molecule has 1 heterocycles. The highest BCUT2D eigenvalue weighted by Gasteiger charge is 2.11. The molecule has 92 valence electrons. The smallest absolute Gasteiger partial charge is 0.0546 e. The minimum Gasteiger partial charge on any atom is -0.141 e. The summed E-state index contributed by atoms with van der Waals surface area (Å²) in [4.78, 5) is 0.876. The normalized spacial score (nSPS) is 11.7. The molecule has 4 rings (SSSR count). The average Bonchev–Trinajstić information content (AvgIpc) is 2.78. The Kier molecular flexibility index (Phi) is 2.52. The molecule has 0 unspecified atom stereocenters. The van der Waals surface area contributed by atoms with E-state index in [4.69, 9.17) is 11.6 Å². The van der Waals surface area contributed by atoms with Crippen LogP contribution in [0.3, 0.4) is 0 Å². The molecule has 0 fully saturated rings. The number of benzene rings is 3. The van der Waals surface area contributed by atoms with Crippen molar-refractivity contribution in [2.75, 3.05) is 0 Å². The molecule has 0 saturated heterocycles. The molecular formula is C16H9ClS2. The molecule has 4 aromatic rings. The van der Waals surface area contributed by atoms with Gasteiger partial charge in [0.2, 0.25) is 0 Å². The lowest BCUT2D eigenvalue weighted by molar-refractivity contribution is 1.60. The van der Waals surface area contributed by atoms with Gasteiger partial charge in [-0.25, -0.2) is 0 Å². The van der Waals surface area contributed by atoms with Crippen LogP contribution in [0.15, 0.2) is 53.4 Å². The van der Waals surface area contributed by atoms with Crippen LogP contribution in [0.25, 0.3) is 30.9 Å². The standard InChI is InChI=1S/C16H9ClS2/c17-12-5-6-13-15(16(12)18)11-7-9-3-1-2-4-10(9)8-14(11)19-13/h1-8,18H. The zero-order valence-corrected chi connectivity index (χ0v) is 12.3. The summed E-state index contributed by atoms with van der Waals surface area (Å²) in [5, 5.41) is 5.65. The van der Waals surface area contributed by atoms with Gasteiger partial charge in [0.1, 0.15) is 0 Å². The number of halogens is 1. The summed E-state index contributed by atoms with van der Waals surface area (Å²) in [6, 6.07) is 16.9. The summed E-state index contributed by atoms with van der Waals surface area (Å²) in [7, 11) is 0. The van der Waals surface area contributed by atoms with Crippen molar-refractivity contribution in [3.63, 3.8) is 0 Å². The average molecular weight is 301 g/mol. The van der Waals surface area contributed by atoms with E-state index in [0.29, 0.717) is 5.02 Å². The van der Waals surface area contributed by atoms with E-state index in [1.807, 2.05) is 6.07 Å². The highest BCUT2D eigenvalue weighted by Crippen LogP contribution is 2.41. The molecule has 3 heteroatoms. The molecule has 0 atom stereocenters. The van der Waals surface area contributed by atoms with E-state index in [1.54, 1.807) is 11.3 Å². The third-order valence-electron chi connectivity index (χ3n) is 3.43. The summed E-state index contributed by atoms with van der Waals surface area (Å²) >= 11 is 12.6. The quantitative estimate of drug-likeness (QED) is 0.370. The Morgan fingerprint density at radius 2 is 1.63 bits per heavy atom. The third-order valence-corrected chi connectivity index (χ3v) is 5.46. The fraction of sp³-hybridized carbons (Fsp3) is 0. The van der Waals surface area contributed by atoms with Gasteiger partial charge in [0, 0.05) is 25.1 Å². The topological polar surface area (TPSA) is 0 Å². The highest BCUT2D eigenvalue weighted by molar-refractivity contribution is 7.80. The predicted octanol–water partition coefficient (Wildman–Crippen LogP) is 6.15. The third kappa shape index (κ3) is 1.68. The van der Waals surface area contributed by atoms with E-state index < -0.39 is 0 Å². The Balaban J connectivity index is 2.28. The number of hydrogen-bond donors (Lipinski definition) is 1. The van der Waals surface area contributed by atoms with Gasteiger partial charge >= 0.3 is 0 Å². The van der Waals surface area contributed by atoms with Gasteiger partial charge in [0.15, 0.2) is 0 Å². The van der Waals surface area contributed by atoms with E-state index in [0.717, 1.165) is 4.90 Å². The first-order valence-corrected chi connectivity index (χ1v) is 7.61. The van der Waals surface area contributed by atoms with Crippen LogP contribution in [-0.2, 0) is 0 Å². The van der Waals surface area contributed by atoms with Gasteiger partial charge in [-0.1, -0.05) is 35.9 Å². The molecule has 0 aliphatic carbocycles. The lowest BCUT2D eigenvalue weighted by atomic mass is 10.1. The van der Waals surface area contributed by atoms with Crippen LogP contribution in [0.4, 0.5) is 0 Å². The molecule has 19 heavy (non-hydrogen) atoms. The molecule has 1 aromatic heterocycles. The van der Waals surface area contributed by atoms with Crippen molar-refractivity contribution in [3.05, 3.63) is 53.6 Å². The van der Waals surface area contributed by atoms with E-state index in [2.05, 4.69) is 55.1 Å². The zero-order valence-electron chi connectivity index (χ0n) is 9.85. The van der Waals surface area contributed by atoms with Gasteiger partial charge in [-0.3, -0.25) is 0 Å². The highest BCUT2D eigenvalue weighted by atomic mass is 35.5. The van der Waals surface area contributed by atoms with Crippen LogP contribution in [0.1, 0.15) is 0 Å². The van der Waals surface area contributed by atoms with Crippen molar-refractivity contribution >= 4 is 66.5 Å². The van der Waals surface area contributed by atoms with Gasteiger partial charge in [-0.05, 0) is 35.0 Å². The Bertz CT molecular complexity index is 938. The van der Waals surface area contributed by atoms with Crippen molar-refractivity contribution in [1.82, 2.24) is 0 Å². The van der Waals surface area contributed by atoms with Crippen LogP contribution in [0.5, 0.6) is 0 Å². The van der Waals surface area contributed by atoms with Gasteiger partial charge in [-0.2, -0.15) is 0 Å². The number of thiol groups is 1. The van der Waals surface area contributed by atoms with E-state index >= 15 is 0 Å². The van der Waals surface area contributed by atoms with E-state index in [9.17, 15) is 0 Å². The number of fused-ring (bicyclic) bond motifs is 4. The number of hydrogen-bond acceptors (Lipinski definition) is 2. The van der Waals surface area contributed by atoms with Crippen molar-refractivity contribution < 1.29 is 0 Å². The first-order valence-electron chi connectivity index (χ1n) is 5.96. The van der Waals surface area contributed by atoms with Crippen molar-refractivity contribution in [2.45, 2.75) is 4.90 Å². The lowest BCUT2D eigenvalue weighted by Gasteiger charge is -2.01. The van der Waals surface area contributed by atoms with Gasteiger partial charge in [0.05, 0.1) is 5.02 Å². The maximum absolute atomic E-state index is 6.19. The summed E-state index contributed by atoms with van der Waals surface area (Å²) in [6.07, 6.45) is 0. The van der Waals surface area contributed by atoms with Gasteiger partial charge in [-0.15, -0.1) is 24.0 Å². The molecular weight excluding hydrogens is 292 g/mol.